The number of nitrogens with zero attached hydrogens (tertiary/aromatic N) is 4. The zero-order valence-corrected chi connectivity index (χ0v) is 17.6. The lowest BCUT2D eigenvalue weighted by molar-refractivity contribution is -0.385. The highest BCUT2D eigenvalue weighted by Gasteiger charge is 2.14. The predicted octanol–water partition coefficient (Wildman–Crippen LogP) is 5.39. The summed E-state index contributed by atoms with van der Waals surface area (Å²) < 4.78 is 0. The van der Waals surface area contributed by atoms with E-state index < -0.39 is 15.9 Å². The Bertz CT molecular complexity index is 1240. The Morgan fingerprint density at radius 1 is 0.781 bits per heavy atom. The molecule has 0 radical (unpaired) electrons. The van der Waals surface area contributed by atoms with Crippen LogP contribution in [0.25, 0.3) is 22.5 Å². The molecule has 11 nitrogen and oxygen atoms in total. The second kappa shape index (κ2) is 8.87. The molecule has 160 valence electrons. The molecule has 32 heavy (non-hydrogen) atoms. The molecule has 4 aromatic rings. The van der Waals surface area contributed by atoms with E-state index in [0.717, 1.165) is 0 Å². The molecule has 0 atom stereocenters. The van der Waals surface area contributed by atoms with Gasteiger partial charge in [-0.05, 0) is 0 Å². The molecule has 2 aromatic carbocycles. The van der Waals surface area contributed by atoms with E-state index in [1.54, 1.807) is 35.0 Å². The van der Waals surface area contributed by atoms with Gasteiger partial charge in [-0.1, -0.05) is 24.3 Å². The molecule has 0 fully saturated rings. The topological polar surface area (TPSA) is 153 Å². The number of nitro groups is 2. The molecule has 2 aromatic heterocycles. The predicted molar refractivity (Wildman–Crippen MR) is 121 cm³/mol. The van der Waals surface area contributed by atoms with Crippen LogP contribution in [0.15, 0.2) is 59.3 Å². The van der Waals surface area contributed by atoms with Crippen molar-refractivity contribution in [2.24, 2.45) is 0 Å². The maximum Gasteiger partial charge on any atom is 0.327 e. The molecule has 0 saturated heterocycles. The van der Waals surface area contributed by atoms with Crippen LogP contribution in [0.4, 0.5) is 26.4 Å². The van der Waals surface area contributed by atoms with E-state index in [4.69, 9.17) is 0 Å². The van der Waals surface area contributed by atoms with Gasteiger partial charge in [0.15, 0.2) is 10.3 Å². The number of urea groups is 1. The number of benzene rings is 2. The number of carbonyl (C=O) groups excluding carboxylic acids is 1. The summed E-state index contributed by atoms with van der Waals surface area (Å²) in [6.07, 6.45) is 0. The normalized spacial score (nSPS) is 10.5. The van der Waals surface area contributed by atoms with Gasteiger partial charge in [0.2, 0.25) is 0 Å². The molecule has 0 unspecified atom stereocenters. The summed E-state index contributed by atoms with van der Waals surface area (Å²) in [5, 5.41) is 31.0. The standard InChI is InChI=1S/C19H12N6O5S2/c26-17(22-18-20-15(9-31-18)11-3-1-5-13(7-11)24(27)28)23-19-21-16(10-32-19)12-4-2-6-14(8-12)25(29)30/h1-10H,(H2,20,21,22,23,26). The lowest BCUT2D eigenvalue weighted by atomic mass is 10.1. The largest absolute Gasteiger partial charge is 0.327 e. The van der Waals surface area contributed by atoms with Crippen LogP contribution in [0.2, 0.25) is 0 Å². The van der Waals surface area contributed by atoms with Crippen LogP contribution in [0.1, 0.15) is 0 Å². The van der Waals surface area contributed by atoms with Crippen molar-refractivity contribution < 1.29 is 14.6 Å². The summed E-state index contributed by atoms with van der Waals surface area (Å²) in [6.45, 7) is 0. The summed E-state index contributed by atoms with van der Waals surface area (Å²) in [5.74, 6) is 0. The van der Waals surface area contributed by atoms with E-state index in [9.17, 15) is 25.0 Å². The molecule has 0 saturated carbocycles. The van der Waals surface area contributed by atoms with Gasteiger partial charge in [-0.15, -0.1) is 22.7 Å². The number of nitrogens with one attached hydrogen (secondary N) is 2. The number of hydrogen-bond acceptors (Lipinski definition) is 9. The first kappa shape index (κ1) is 21.0. The number of thiazole rings is 2. The Labute approximate surface area is 187 Å². The minimum absolute atomic E-state index is 0.0499. The van der Waals surface area contributed by atoms with Crippen LogP contribution >= 0.6 is 22.7 Å². The Morgan fingerprint density at radius 3 is 1.62 bits per heavy atom. The van der Waals surface area contributed by atoms with Gasteiger partial charge in [0.1, 0.15) is 0 Å². The fourth-order valence-electron chi connectivity index (χ4n) is 2.71. The van der Waals surface area contributed by atoms with Crippen molar-refractivity contribution in [2.45, 2.75) is 0 Å². The van der Waals surface area contributed by atoms with Crippen molar-refractivity contribution in [3.63, 3.8) is 0 Å². The molecular formula is C19H12N6O5S2. The summed E-state index contributed by atoms with van der Waals surface area (Å²) in [6, 6.07) is 11.5. The molecule has 4 rings (SSSR count). The summed E-state index contributed by atoms with van der Waals surface area (Å²) in [7, 11) is 0. The van der Waals surface area contributed by atoms with Crippen molar-refractivity contribution in [3.8, 4) is 22.5 Å². The molecule has 0 bridgehead atoms. The number of carbonyl (C=O) groups is 1. The minimum Gasteiger partial charge on any atom is -0.283 e. The Hall–Kier alpha value is -4.23. The summed E-state index contributed by atoms with van der Waals surface area (Å²) >= 11 is 2.34. The van der Waals surface area contributed by atoms with E-state index in [-0.39, 0.29) is 11.4 Å². The number of rotatable bonds is 6. The molecule has 0 aliphatic carbocycles. The zero-order chi connectivity index (χ0) is 22.7. The Balaban J connectivity index is 1.42. The van der Waals surface area contributed by atoms with Gasteiger partial charge in [0.05, 0.1) is 21.2 Å². The van der Waals surface area contributed by atoms with Crippen LogP contribution in [-0.2, 0) is 0 Å². The number of aromatic nitrogens is 2. The number of amides is 2. The molecule has 2 amide bonds. The van der Waals surface area contributed by atoms with Crippen LogP contribution < -0.4 is 10.6 Å². The lowest BCUT2D eigenvalue weighted by Gasteiger charge is -2.02. The minimum atomic E-state index is -0.565. The maximum atomic E-state index is 12.3. The van der Waals surface area contributed by atoms with Crippen LogP contribution in [0, 0.1) is 20.2 Å². The number of nitro benzene ring substituents is 2. The first-order chi connectivity index (χ1) is 15.4. The monoisotopic (exact) mass is 468 g/mol. The number of anilines is 2. The summed E-state index contributed by atoms with van der Waals surface area (Å²) in [4.78, 5) is 41.8. The van der Waals surface area contributed by atoms with Crippen molar-refractivity contribution in [2.75, 3.05) is 10.6 Å². The van der Waals surface area contributed by atoms with Crippen molar-refractivity contribution in [1.29, 1.82) is 0 Å². The van der Waals surface area contributed by atoms with Gasteiger partial charge >= 0.3 is 6.03 Å². The Morgan fingerprint density at radius 2 is 1.22 bits per heavy atom. The van der Waals surface area contributed by atoms with E-state index >= 15 is 0 Å². The van der Waals surface area contributed by atoms with Gasteiger partial charge in [-0.25, -0.2) is 14.8 Å². The average molecular weight is 468 g/mol. The highest BCUT2D eigenvalue weighted by molar-refractivity contribution is 7.14. The quantitative estimate of drug-likeness (QED) is 0.284. The molecule has 2 heterocycles. The number of non-ortho nitro benzene ring substituents is 2. The fourth-order valence-corrected chi connectivity index (χ4v) is 4.14. The molecule has 0 spiro atoms. The smallest absolute Gasteiger partial charge is 0.283 e. The van der Waals surface area contributed by atoms with Crippen molar-refractivity contribution in [3.05, 3.63) is 79.5 Å². The van der Waals surface area contributed by atoms with Crippen LogP contribution in [-0.4, -0.2) is 25.8 Å². The molecule has 13 heteroatoms. The maximum absolute atomic E-state index is 12.3. The molecular weight excluding hydrogens is 456 g/mol. The van der Waals surface area contributed by atoms with E-state index in [2.05, 4.69) is 20.6 Å². The first-order valence-electron chi connectivity index (χ1n) is 8.88. The fraction of sp³-hybridized carbons (Fsp3) is 0. The molecule has 0 aliphatic rings. The third kappa shape index (κ3) is 4.74. The van der Waals surface area contributed by atoms with Gasteiger partial charge < -0.3 is 0 Å². The molecule has 0 aliphatic heterocycles. The van der Waals surface area contributed by atoms with E-state index in [0.29, 0.717) is 32.8 Å². The number of hydrogen-bond donors (Lipinski definition) is 2. The summed E-state index contributed by atoms with van der Waals surface area (Å²) in [5.41, 5.74) is 2.01. The third-order valence-corrected chi connectivity index (χ3v) is 5.67. The van der Waals surface area contributed by atoms with Crippen LogP contribution in [0.3, 0.4) is 0 Å². The van der Waals surface area contributed by atoms with Gasteiger partial charge in [0, 0.05) is 46.2 Å². The SMILES string of the molecule is O=C(Nc1nc(-c2cccc([N+](=O)[O-])c2)cs1)Nc1nc(-c2cccc([N+](=O)[O-])c2)cs1. The third-order valence-electron chi connectivity index (χ3n) is 4.15. The Kier molecular flexibility index (Phi) is 5.83. The van der Waals surface area contributed by atoms with Gasteiger partial charge in [-0.2, -0.15) is 0 Å². The van der Waals surface area contributed by atoms with Crippen LogP contribution in [0.5, 0.6) is 0 Å². The van der Waals surface area contributed by atoms with E-state index in [1.807, 2.05) is 0 Å². The van der Waals surface area contributed by atoms with E-state index in [1.165, 1.54) is 46.9 Å². The zero-order valence-electron chi connectivity index (χ0n) is 15.9. The highest BCUT2D eigenvalue weighted by atomic mass is 32.1. The van der Waals surface area contributed by atoms with Gasteiger partial charge in [0.25, 0.3) is 11.4 Å². The van der Waals surface area contributed by atoms with Gasteiger partial charge in [-0.3, -0.25) is 30.9 Å². The second-order valence-corrected chi connectivity index (χ2v) is 7.99. The highest BCUT2D eigenvalue weighted by Crippen LogP contribution is 2.29. The van der Waals surface area contributed by atoms with Crippen molar-refractivity contribution >= 4 is 50.3 Å². The first-order valence-corrected chi connectivity index (χ1v) is 10.6. The second-order valence-electron chi connectivity index (χ2n) is 6.27. The lowest BCUT2D eigenvalue weighted by Crippen LogP contribution is -2.19. The molecule has 2 N–H and O–H groups in total. The van der Waals surface area contributed by atoms with Crippen molar-refractivity contribution in [1.82, 2.24) is 9.97 Å². The average Bonchev–Trinajstić information content (AvgIpc) is 3.43.